The number of hydrogen-bond acceptors (Lipinski definition) is 4. The Balaban J connectivity index is 1.63. The van der Waals surface area contributed by atoms with Crippen molar-refractivity contribution in [3.05, 3.63) is 54.3 Å². The molecule has 6 heteroatoms. The third-order valence-electron chi connectivity index (χ3n) is 5.03. The number of hydrogen-bond donors (Lipinski definition) is 2. The molecule has 0 radical (unpaired) electrons. The van der Waals surface area contributed by atoms with Gasteiger partial charge in [-0.05, 0) is 44.5 Å². The van der Waals surface area contributed by atoms with Gasteiger partial charge in [0.25, 0.3) is 0 Å². The summed E-state index contributed by atoms with van der Waals surface area (Å²) < 4.78 is 7.32. The molecule has 2 heterocycles. The number of amides is 1. The van der Waals surface area contributed by atoms with Crippen molar-refractivity contribution in [2.75, 3.05) is 10.6 Å². The Kier molecular flexibility index (Phi) is 4.77. The zero-order valence-corrected chi connectivity index (χ0v) is 16.3. The summed E-state index contributed by atoms with van der Waals surface area (Å²) in [6.07, 6.45) is 0.650. The van der Waals surface area contributed by atoms with Crippen LogP contribution in [0.3, 0.4) is 0 Å². The van der Waals surface area contributed by atoms with Crippen molar-refractivity contribution in [1.29, 1.82) is 0 Å². The van der Waals surface area contributed by atoms with Crippen LogP contribution in [0.5, 0.6) is 0 Å². The zero-order chi connectivity index (χ0) is 19.7. The zero-order valence-electron chi connectivity index (χ0n) is 16.3. The molecular formula is C22H24N4O2. The van der Waals surface area contributed by atoms with E-state index in [0.717, 1.165) is 12.2 Å². The third-order valence-corrected chi connectivity index (χ3v) is 5.03. The van der Waals surface area contributed by atoms with Gasteiger partial charge >= 0.3 is 0 Å². The molecule has 2 N–H and O–H groups in total. The molecule has 0 bridgehead atoms. The van der Waals surface area contributed by atoms with Gasteiger partial charge in [-0.25, -0.2) is 0 Å². The van der Waals surface area contributed by atoms with Crippen LogP contribution in [0.1, 0.15) is 26.0 Å². The number of rotatable bonds is 6. The standard InChI is InChI=1S/C22H24N4O2/c1-4-18(22(27)24-21-12-14(3)28-25-21)23-15-10-11-20-17(13-15)16-8-6-7-9-19(16)26(20)5-2/h6-13,18,23H,4-5H2,1-3H3,(H,24,25,27)/t18-/m1/s1. The van der Waals surface area contributed by atoms with E-state index in [1.165, 1.54) is 21.8 Å². The van der Waals surface area contributed by atoms with Gasteiger partial charge in [-0.2, -0.15) is 0 Å². The van der Waals surface area contributed by atoms with Gasteiger partial charge < -0.3 is 19.7 Å². The number of para-hydroxylation sites is 1. The van der Waals surface area contributed by atoms with Crippen molar-refractivity contribution in [3.63, 3.8) is 0 Å². The summed E-state index contributed by atoms with van der Waals surface area (Å²) >= 11 is 0. The van der Waals surface area contributed by atoms with Gasteiger partial charge in [0.05, 0.1) is 0 Å². The van der Waals surface area contributed by atoms with Crippen LogP contribution in [0.15, 0.2) is 53.1 Å². The molecule has 2 aromatic heterocycles. The van der Waals surface area contributed by atoms with Crippen LogP contribution in [0.2, 0.25) is 0 Å². The van der Waals surface area contributed by atoms with Crippen molar-refractivity contribution >= 4 is 39.2 Å². The minimum atomic E-state index is -0.367. The van der Waals surface area contributed by atoms with E-state index in [1.54, 1.807) is 13.0 Å². The minimum absolute atomic E-state index is 0.133. The summed E-state index contributed by atoms with van der Waals surface area (Å²) in [6, 6.07) is 16.0. The third kappa shape index (κ3) is 3.22. The van der Waals surface area contributed by atoms with E-state index in [4.69, 9.17) is 4.52 Å². The molecule has 0 saturated heterocycles. The first kappa shape index (κ1) is 18.1. The summed E-state index contributed by atoms with van der Waals surface area (Å²) in [6.45, 7) is 6.84. The van der Waals surface area contributed by atoms with E-state index in [0.29, 0.717) is 18.0 Å². The normalized spacial score (nSPS) is 12.4. The predicted molar refractivity (Wildman–Crippen MR) is 113 cm³/mol. The van der Waals surface area contributed by atoms with Crippen LogP contribution in [0.25, 0.3) is 21.8 Å². The molecule has 144 valence electrons. The monoisotopic (exact) mass is 376 g/mol. The molecule has 2 aromatic carbocycles. The van der Waals surface area contributed by atoms with Crippen molar-refractivity contribution in [2.45, 2.75) is 39.8 Å². The maximum absolute atomic E-state index is 12.6. The molecule has 0 fully saturated rings. The van der Waals surface area contributed by atoms with Gasteiger partial charge in [-0.1, -0.05) is 30.3 Å². The van der Waals surface area contributed by atoms with Gasteiger partial charge in [0.1, 0.15) is 11.8 Å². The fraction of sp³-hybridized carbons (Fsp3) is 0.273. The molecule has 1 atom stereocenters. The summed E-state index contributed by atoms with van der Waals surface area (Å²) in [5.74, 6) is 0.963. The number of nitrogens with one attached hydrogen (secondary N) is 2. The number of aryl methyl sites for hydroxylation is 2. The second-order valence-corrected chi connectivity index (χ2v) is 6.91. The highest BCUT2D eigenvalue weighted by atomic mass is 16.5. The van der Waals surface area contributed by atoms with Crippen molar-refractivity contribution in [1.82, 2.24) is 9.72 Å². The fourth-order valence-corrected chi connectivity index (χ4v) is 3.68. The highest BCUT2D eigenvalue weighted by Crippen LogP contribution is 2.31. The molecule has 0 saturated carbocycles. The smallest absolute Gasteiger partial charge is 0.248 e. The first-order valence-corrected chi connectivity index (χ1v) is 9.62. The number of carbonyl (C=O) groups excluding carboxylic acids is 1. The maximum atomic E-state index is 12.6. The number of nitrogens with zero attached hydrogens (tertiary/aromatic N) is 2. The highest BCUT2D eigenvalue weighted by Gasteiger charge is 2.18. The van der Waals surface area contributed by atoms with E-state index < -0.39 is 0 Å². The Morgan fingerprint density at radius 3 is 2.61 bits per heavy atom. The van der Waals surface area contributed by atoms with E-state index in [-0.39, 0.29) is 11.9 Å². The number of fused-ring (bicyclic) bond motifs is 3. The molecule has 1 amide bonds. The molecule has 4 aromatic rings. The van der Waals surface area contributed by atoms with E-state index in [2.05, 4.69) is 63.7 Å². The molecule has 0 unspecified atom stereocenters. The van der Waals surface area contributed by atoms with E-state index in [9.17, 15) is 4.79 Å². The number of aromatic nitrogens is 2. The highest BCUT2D eigenvalue weighted by molar-refractivity contribution is 6.09. The largest absolute Gasteiger partial charge is 0.374 e. The second-order valence-electron chi connectivity index (χ2n) is 6.91. The molecule has 28 heavy (non-hydrogen) atoms. The summed E-state index contributed by atoms with van der Waals surface area (Å²) in [5, 5.41) is 12.4. The van der Waals surface area contributed by atoms with Gasteiger partial charge in [-0.15, -0.1) is 0 Å². The van der Waals surface area contributed by atoms with Crippen molar-refractivity contribution in [2.24, 2.45) is 0 Å². The summed E-state index contributed by atoms with van der Waals surface area (Å²) in [7, 11) is 0. The minimum Gasteiger partial charge on any atom is -0.374 e. The average molecular weight is 376 g/mol. The lowest BCUT2D eigenvalue weighted by atomic mass is 10.1. The Morgan fingerprint density at radius 2 is 1.89 bits per heavy atom. The van der Waals surface area contributed by atoms with Gasteiger partial charge in [0.2, 0.25) is 5.91 Å². The Hall–Kier alpha value is -3.28. The number of anilines is 2. The van der Waals surface area contributed by atoms with Crippen LogP contribution in [0, 0.1) is 6.92 Å². The van der Waals surface area contributed by atoms with Crippen LogP contribution in [-0.4, -0.2) is 21.7 Å². The lowest BCUT2D eigenvalue weighted by Gasteiger charge is -2.17. The van der Waals surface area contributed by atoms with Crippen LogP contribution < -0.4 is 10.6 Å². The van der Waals surface area contributed by atoms with Gasteiger partial charge in [0.15, 0.2) is 5.82 Å². The summed E-state index contributed by atoms with van der Waals surface area (Å²) in [5.41, 5.74) is 3.35. The van der Waals surface area contributed by atoms with E-state index in [1.807, 2.05) is 13.0 Å². The lowest BCUT2D eigenvalue weighted by Crippen LogP contribution is -2.34. The molecule has 0 aliphatic heterocycles. The van der Waals surface area contributed by atoms with Gasteiger partial charge in [-0.3, -0.25) is 4.79 Å². The molecular weight excluding hydrogens is 352 g/mol. The number of carbonyl (C=O) groups is 1. The number of benzene rings is 2. The quantitative estimate of drug-likeness (QED) is 0.500. The fourth-order valence-electron chi connectivity index (χ4n) is 3.68. The molecule has 0 aliphatic carbocycles. The van der Waals surface area contributed by atoms with Crippen LogP contribution in [-0.2, 0) is 11.3 Å². The topological polar surface area (TPSA) is 72.1 Å². The van der Waals surface area contributed by atoms with E-state index >= 15 is 0 Å². The van der Waals surface area contributed by atoms with Crippen molar-refractivity contribution < 1.29 is 9.32 Å². The average Bonchev–Trinajstić information content (AvgIpc) is 3.26. The molecule has 4 rings (SSSR count). The molecule has 0 spiro atoms. The molecule has 0 aliphatic rings. The lowest BCUT2D eigenvalue weighted by molar-refractivity contribution is -0.117. The van der Waals surface area contributed by atoms with Crippen molar-refractivity contribution in [3.8, 4) is 0 Å². The first-order valence-electron chi connectivity index (χ1n) is 9.62. The SMILES string of the molecule is CC[C@@H](Nc1ccc2c(c1)c1ccccc1n2CC)C(=O)Nc1cc(C)on1. The Bertz CT molecular complexity index is 1140. The Morgan fingerprint density at radius 1 is 1.11 bits per heavy atom. The summed E-state index contributed by atoms with van der Waals surface area (Å²) in [4.78, 5) is 12.6. The van der Waals surface area contributed by atoms with Crippen LogP contribution in [0.4, 0.5) is 11.5 Å². The van der Waals surface area contributed by atoms with Crippen LogP contribution >= 0.6 is 0 Å². The molecule has 6 nitrogen and oxygen atoms in total. The van der Waals surface area contributed by atoms with Gasteiger partial charge in [0, 0.05) is 40.1 Å². The second kappa shape index (κ2) is 7.38. The maximum Gasteiger partial charge on any atom is 0.248 e. The predicted octanol–water partition coefficient (Wildman–Crippen LogP) is 4.94. The Labute approximate surface area is 163 Å². The first-order chi connectivity index (χ1) is 13.6.